The molecule has 1 aliphatic rings. The first-order valence-corrected chi connectivity index (χ1v) is 13.5. The summed E-state index contributed by atoms with van der Waals surface area (Å²) in [7, 11) is 0. The topological polar surface area (TPSA) is 26.3 Å². The lowest BCUT2D eigenvalue weighted by atomic mass is 9.78. The van der Waals surface area contributed by atoms with E-state index in [1.54, 1.807) is 0 Å². The first-order valence-electron chi connectivity index (χ1n) is 13.5. The van der Waals surface area contributed by atoms with E-state index >= 15 is 0 Å². The third kappa shape index (κ3) is 3.93. The number of ketones is 1. The van der Waals surface area contributed by atoms with E-state index in [1.807, 2.05) is 91.0 Å². The highest BCUT2D eigenvalue weighted by atomic mass is 16.5. The van der Waals surface area contributed by atoms with Crippen LogP contribution >= 0.6 is 0 Å². The second-order valence-corrected chi connectivity index (χ2v) is 10.0. The molecule has 40 heavy (non-hydrogen) atoms. The van der Waals surface area contributed by atoms with Crippen LogP contribution in [0.15, 0.2) is 158 Å². The Morgan fingerprint density at radius 2 is 1.12 bits per heavy atom. The standard InChI is InChI=1S/C38H26O2/c39-37(28-15-4-1-5-16-28)33-23-13-12-22-32(33)34-26-38(29-17-6-2-7-18-29,30-19-8-3-9-20-30)40-35-25-24-27-14-10-11-21-31(27)36(34)35/h1-26H. The molecule has 6 aromatic rings. The van der Waals surface area contributed by atoms with E-state index in [9.17, 15) is 4.79 Å². The summed E-state index contributed by atoms with van der Waals surface area (Å²) in [5.41, 5.74) is 5.33. The molecule has 0 saturated carbocycles. The number of hydrogen-bond donors (Lipinski definition) is 0. The van der Waals surface area contributed by atoms with Gasteiger partial charge in [0.25, 0.3) is 0 Å². The molecule has 0 atom stereocenters. The van der Waals surface area contributed by atoms with Crippen molar-refractivity contribution in [3.63, 3.8) is 0 Å². The van der Waals surface area contributed by atoms with Gasteiger partial charge in [0.05, 0.1) is 0 Å². The maximum Gasteiger partial charge on any atom is 0.193 e. The van der Waals surface area contributed by atoms with E-state index in [-0.39, 0.29) is 5.78 Å². The van der Waals surface area contributed by atoms with Gasteiger partial charge in [-0.1, -0.05) is 146 Å². The smallest absolute Gasteiger partial charge is 0.193 e. The van der Waals surface area contributed by atoms with Crippen molar-refractivity contribution in [3.05, 3.63) is 191 Å². The quantitative estimate of drug-likeness (QED) is 0.215. The maximum absolute atomic E-state index is 13.9. The van der Waals surface area contributed by atoms with Crippen molar-refractivity contribution < 1.29 is 9.53 Å². The lowest BCUT2D eigenvalue weighted by molar-refractivity contribution is 0.103. The summed E-state index contributed by atoms with van der Waals surface area (Å²) in [6, 6.07) is 50.6. The summed E-state index contributed by atoms with van der Waals surface area (Å²) in [6.45, 7) is 0. The number of carbonyl (C=O) groups excluding carboxylic acids is 1. The molecule has 0 saturated heterocycles. The minimum Gasteiger partial charge on any atom is -0.473 e. The molecule has 0 spiro atoms. The number of ether oxygens (including phenoxy) is 1. The fraction of sp³-hybridized carbons (Fsp3) is 0.0263. The van der Waals surface area contributed by atoms with Crippen LogP contribution < -0.4 is 4.74 Å². The van der Waals surface area contributed by atoms with Crippen molar-refractivity contribution in [3.8, 4) is 5.75 Å². The Balaban J connectivity index is 1.57. The number of fused-ring (bicyclic) bond motifs is 3. The second-order valence-electron chi connectivity index (χ2n) is 10.0. The van der Waals surface area contributed by atoms with E-state index in [0.29, 0.717) is 11.1 Å². The molecule has 2 heteroatoms. The van der Waals surface area contributed by atoms with Gasteiger partial charge in [0.1, 0.15) is 5.75 Å². The third-order valence-electron chi connectivity index (χ3n) is 7.68. The normalized spacial score (nSPS) is 13.7. The highest BCUT2D eigenvalue weighted by Crippen LogP contribution is 2.49. The van der Waals surface area contributed by atoms with Gasteiger partial charge in [-0.2, -0.15) is 0 Å². The Kier molecular flexibility index (Phi) is 5.87. The number of rotatable bonds is 5. The zero-order valence-electron chi connectivity index (χ0n) is 21.8. The number of carbonyl (C=O) groups is 1. The van der Waals surface area contributed by atoms with Crippen LogP contribution in [0.25, 0.3) is 16.3 Å². The molecule has 0 fully saturated rings. The van der Waals surface area contributed by atoms with Crippen molar-refractivity contribution in [1.29, 1.82) is 0 Å². The average Bonchev–Trinajstić information content (AvgIpc) is 3.05. The molecule has 0 radical (unpaired) electrons. The van der Waals surface area contributed by atoms with Gasteiger partial charge in [-0.05, 0) is 34.1 Å². The van der Waals surface area contributed by atoms with Crippen LogP contribution in [0.4, 0.5) is 0 Å². The molecule has 0 aromatic heterocycles. The molecule has 0 aliphatic carbocycles. The van der Waals surface area contributed by atoms with E-state index in [1.165, 1.54) is 0 Å². The third-order valence-corrected chi connectivity index (χ3v) is 7.68. The molecule has 7 rings (SSSR count). The molecule has 0 bridgehead atoms. The first kappa shape index (κ1) is 23.9. The van der Waals surface area contributed by atoms with Crippen molar-refractivity contribution in [2.24, 2.45) is 0 Å². The zero-order valence-corrected chi connectivity index (χ0v) is 21.8. The molecular weight excluding hydrogens is 488 g/mol. The Bertz CT molecular complexity index is 1830. The van der Waals surface area contributed by atoms with E-state index in [2.05, 4.69) is 66.7 Å². The Hall–Kier alpha value is -5.21. The highest BCUT2D eigenvalue weighted by molar-refractivity contribution is 6.14. The minimum absolute atomic E-state index is 0.00426. The molecule has 0 N–H and O–H groups in total. The maximum atomic E-state index is 13.9. The van der Waals surface area contributed by atoms with Crippen LogP contribution in [-0.2, 0) is 5.60 Å². The van der Waals surface area contributed by atoms with Crippen molar-refractivity contribution in [1.82, 2.24) is 0 Å². The monoisotopic (exact) mass is 514 g/mol. The zero-order chi connectivity index (χ0) is 26.9. The molecule has 6 aromatic carbocycles. The summed E-state index contributed by atoms with van der Waals surface area (Å²) in [5.74, 6) is 0.779. The van der Waals surface area contributed by atoms with Crippen LogP contribution in [0.1, 0.15) is 38.2 Å². The Morgan fingerprint density at radius 1 is 0.550 bits per heavy atom. The Morgan fingerprint density at radius 3 is 1.82 bits per heavy atom. The summed E-state index contributed by atoms with van der Waals surface area (Å²) in [4.78, 5) is 13.9. The van der Waals surface area contributed by atoms with Gasteiger partial charge >= 0.3 is 0 Å². The highest BCUT2D eigenvalue weighted by Gasteiger charge is 2.40. The van der Waals surface area contributed by atoms with Crippen LogP contribution in [0.2, 0.25) is 0 Å². The molecule has 190 valence electrons. The first-order chi connectivity index (χ1) is 19.7. The van der Waals surface area contributed by atoms with Crippen molar-refractivity contribution in [2.75, 3.05) is 0 Å². The van der Waals surface area contributed by atoms with Gasteiger partial charge in [0.15, 0.2) is 11.4 Å². The van der Waals surface area contributed by atoms with Crippen LogP contribution in [0.5, 0.6) is 5.75 Å². The van der Waals surface area contributed by atoms with Gasteiger partial charge in [-0.15, -0.1) is 0 Å². The summed E-state index contributed by atoms with van der Waals surface area (Å²) >= 11 is 0. The molecule has 0 unspecified atom stereocenters. The molecule has 0 amide bonds. The molecule has 1 aliphatic heterocycles. The van der Waals surface area contributed by atoms with Gasteiger partial charge in [0, 0.05) is 27.8 Å². The fourth-order valence-electron chi connectivity index (χ4n) is 5.79. The second kappa shape index (κ2) is 9.83. The molecular formula is C38H26O2. The van der Waals surface area contributed by atoms with Crippen LogP contribution in [-0.4, -0.2) is 5.78 Å². The van der Waals surface area contributed by atoms with E-state index < -0.39 is 5.60 Å². The largest absolute Gasteiger partial charge is 0.473 e. The lowest BCUT2D eigenvalue weighted by Crippen LogP contribution is -2.35. The average molecular weight is 515 g/mol. The van der Waals surface area contributed by atoms with Gasteiger partial charge < -0.3 is 4.74 Å². The van der Waals surface area contributed by atoms with Crippen molar-refractivity contribution >= 4 is 22.1 Å². The van der Waals surface area contributed by atoms with Gasteiger partial charge in [-0.25, -0.2) is 0 Å². The summed E-state index contributed by atoms with van der Waals surface area (Å²) in [5, 5.41) is 2.21. The molecule has 2 nitrogen and oxygen atoms in total. The van der Waals surface area contributed by atoms with E-state index in [0.717, 1.165) is 44.3 Å². The number of hydrogen-bond acceptors (Lipinski definition) is 2. The SMILES string of the molecule is O=C(c1ccccc1)c1ccccc1C1=CC(c2ccccc2)(c2ccccc2)Oc2ccc3ccccc3c21. The number of benzene rings is 6. The predicted molar refractivity (Wildman–Crippen MR) is 162 cm³/mol. The van der Waals surface area contributed by atoms with Gasteiger partial charge in [0.2, 0.25) is 0 Å². The molecule has 1 heterocycles. The summed E-state index contributed by atoms with van der Waals surface area (Å²) < 4.78 is 7.08. The van der Waals surface area contributed by atoms with E-state index in [4.69, 9.17) is 4.74 Å². The fourth-order valence-corrected chi connectivity index (χ4v) is 5.79. The minimum atomic E-state index is -0.893. The van der Waals surface area contributed by atoms with Crippen LogP contribution in [0, 0.1) is 0 Å². The summed E-state index contributed by atoms with van der Waals surface area (Å²) in [6.07, 6.45) is 2.21. The van der Waals surface area contributed by atoms with Gasteiger partial charge in [-0.3, -0.25) is 4.79 Å². The lowest BCUT2D eigenvalue weighted by Gasteiger charge is -2.39. The Labute approximate surface area is 233 Å². The predicted octanol–water partition coefficient (Wildman–Crippen LogP) is 8.84. The van der Waals surface area contributed by atoms with Crippen molar-refractivity contribution in [2.45, 2.75) is 5.60 Å². The van der Waals surface area contributed by atoms with Crippen LogP contribution in [0.3, 0.4) is 0 Å².